The lowest BCUT2D eigenvalue weighted by Gasteiger charge is -2.22. The molecule has 1 N–H and O–H groups in total. The molecule has 2 heterocycles. The van der Waals surface area contributed by atoms with Gasteiger partial charge in [0, 0.05) is 23.9 Å². The standard InChI is InChI=1S/C22H29NO4/c1-3-25-18-10-7-17(8-11-18)9-12-20-16(2)21(24)14-22(23-20)27-15-19-6-4-5-13-26-19/h7-8,10-11,14,19H,3-6,9,12-13,15H2,1-2H3,(H,23,24)/t19-/m0/s1. The van der Waals surface area contributed by atoms with Gasteiger partial charge in [0.1, 0.15) is 12.4 Å². The summed E-state index contributed by atoms with van der Waals surface area (Å²) >= 11 is 0. The number of hydrogen-bond donors (Lipinski definition) is 1. The molecule has 0 spiro atoms. The van der Waals surface area contributed by atoms with Gasteiger partial charge in [0.15, 0.2) is 11.3 Å². The summed E-state index contributed by atoms with van der Waals surface area (Å²) < 4.78 is 17.0. The zero-order chi connectivity index (χ0) is 19.1. The molecule has 0 aliphatic carbocycles. The minimum Gasteiger partial charge on any atom is -0.494 e. The quantitative estimate of drug-likeness (QED) is 0.766. The Bertz CT molecular complexity index is 776. The molecule has 1 aromatic heterocycles. The van der Waals surface area contributed by atoms with E-state index in [0.29, 0.717) is 19.1 Å². The predicted octanol–water partition coefficient (Wildman–Crippen LogP) is 3.82. The first-order chi connectivity index (χ1) is 13.2. The molecular formula is C22H29NO4. The summed E-state index contributed by atoms with van der Waals surface area (Å²) in [7, 11) is 0. The van der Waals surface area contributed by atoms with Gasteiger partial charge in [-0.2, -0.15) is 0 Å². The topological polar surface area (TPSA) is 60.6 Å². The molecule has 0 unspecified atom stereocenters. The molecule has 1 saturated heterocycles. The molecule has 0 bridgehead atoms. The van der Waals surface area contributed by atoms with Crippen LogP contribution in [-0.4, -0.2) is 30.9 Å². The van der Waals surface area contributed by atoms with Crippen molar-refractivity contribution in [2.75, 3.05) is 19.8 Å². The van der Waals surface area contributed by atoms with Crippen LogP contribution in [0.15, 0.2) is 35.1 Å². The Morgan fingerprint density at radius 2 is 1.96 bits per heavy atom. The van der Waals surface area contributed by atoms with Crippen LogP contribution >= 0.6 is 0 Å². The first-order valence-electron chi connectivity index (χ1n) is 9.84. The fourth-order valence-electron chi connectivity index (χ4n) is 3.29. The monoisotopic (exact) mass is 371 g/mol. The van der Waals surface area contributed by atoms with Gasteiger partial charge in [0.05, 0.1) is 12.7 Å². The SMILES string of the molecule is CCOc1ccc(CCc2[nH]c(OC[C@@H]3CCCCO3)cc(=O)c2C)cc1. The van der Waals surface area contributed by atoms with Gasteiger partial charge in [0.2, 0.25) is 0 Å². The smallest absolute Gasteiger partial charge is 0.194 e. The average Bonchev–Trinajstić information content (AvgIpc) is 2.70. The highest BCUT2D eigenvalue weighted by molar-refractivity contribution is 5.29. The van der Waals surface area contributed by atoms with Crippen molar-refractivity contribution in [1.29, 1.82) is 0 Å². The van der Waals surface area contributed by atoms with Gasteiger partial charge in [-0.1, -0.05) is 12.1 Å². The van der Waals surface area contributed by atoms with Gasteiger partial charge in [0.25, 0.3) is 0 Å². The van der Waals surface area contributed by atoms with Crippen molar-refractivity contribution in [1.82, 2.24) is 4.98 Å². The second kappa shape index (κ2) is 9.60. The number of benzene rings is 1. The number of aromatic nitrogens is 1. The number of nitrogens with one attached hydrogen (secondary N) is 1. The van der Waals surface area contributed by atoms with E-state index in [-0.39, 0.29) is 11.5 Å². The third-order valence-corrected chi connectivity index (χ3v) is 4.96. The average molecular weight is 371 g/mol. The van der Waals surface area contributed by atoms with E-state index in [1.54, 1.807) is 6.07 Å². The molecule has 1 fully saturated rings. The van der Waals surface area contributed by atoms with Crippen molar-refractivity contribution in [3.8, 4) is 11.6 Å². The molecule has 3 rings (SSSR count). The summed E-state index contributed by atoms with van der Waals surface area (Å²) in [4.78, 5) is 15.6. The van der Waals surface area contributed by atoms with Crippen molar-refractivity contribution in [3.05, 3.63) is 57.4 Å². The molecule has 27 heavy (non-hydrogen) atoms. The molecule has 1 aliphatic heterocycles. The third kappa shape index (κ3) is 5.60. The van der Waals surface area contributed by atoms with E-state index >= 15 is 0 Å². The van der Waals surface area contributed by atoms with Crippen LogP contribution in [0, 0.1) is 6.92 Å². The van der Waals surface area contributed by atoms with E-state index in [0.717, 1.165) is 49.3 Å². The van der Waals surface area contributed by atoms with Gasteiger partial charge in [-0.3, -0.25) is 4.79 Å². The molecule has 1 aromatic carbocycles. The predicted molar refractivity (Wildman–Crippen MR) is 106 cm³/mol. The number of pyridine rings is 1. The number of aromatic amines is 1. The fourth-order valence-corrected chi connectivity index (χ4v) is 3.29. The van der Waals surface area contributed by atoms with Crippen molar-refractivity contribution in [3.63, 3.8) is 0 Å². The molecular weight excluding hydrogens is 342 g/mol. The maximum absolute atomic E-state index is 12.3. The Balaban J connectivity index is 1.61. The highest BCUT2D eigenvalue weighted by Crippen LogP contribution is 2.17. The summed E-state index contributed by atoms with van der Waals surface area (Å²) in [6, 6.07) is 9.65. The first-order valence-corrected chi connectivity index (χ1v) is 9.84. The summed E-state index contributed by atoms with van der Waals surface area (Å²) in [5, 5.41) is 0. The second-order valence-electron chi connectivity index (χ2n) is 6.98. The minimum atomic E-state index is 0.00927. The maximum Gasteiger partial charge on any atom is 0.194 e. The van der Waals surface area contributed by atoms with Crippen molar-refractivity contribution in [2.24, 2.45) is 0 Å². The Morgan fingerprint density at radius 1 is 1.15 bits per heavy atom. The van der Waals surface area contributed by atoms with E-state index in [1.807, 2.05) is 26.0 Å². The van der Waals surface area contributed by atoms with Crippen LogP contribution in [0.2, 0.25) is 0 Å². The second-order valence-corrected chi connectivity index (χ2v) is 6.98. The van der Waals surface area contributed by atoms with Crippen LogP contribution in [0.4, 0.5) is 0 Å². The molecule has 5 nitrogen and oxygen atoms in total. The number of H-pyrrole nitrogens is 1. The zero-order valence-corrected chi connectivity index (χ0v) is 16.3. The van der Waals surface area contributed by atoms with Gasteiger partial charge in [-0.05, 0) is 63.6 Å². The Morgan fingerprint density at radius 3 is 2.67 bits per heavy atom. The fraction of sp³-hybridized carbons (Fsp3) is 0.500. The Hall–Kier alpha value is -2.27. The van der Waals surface area contributed by atoms with E-state index < -0.39 is 0 Å². The van der Waals surface area contributed by atoms with Crippen molar-refractivity contribution >= 4 is 0 Å². The van der Waals surface area contributed by atoms with Crippen molar-refractivity contribution < 1.29 is 14.2 Å². The molecule has 0 radical (unpaired) electrons. The van der Waals surface area contributed by atoms with Crippen LogP contribution in [-0.2, 0) is 17.6 Å². The lowest BCUT2D eigenvalue weighted by Crippen LogP contribution is -2.26. The van der Waals surface area contributed by atoms with Gasteiger partial charge in [-0.25, -0.2) is 0 Å². The van der Waals surface area contributed by atoms with Gasteiger partial charge >= 0.3 is 0 Å². The molecule has 0 saturated carbocycles. The summed E-state index contributed by atoms with van der Waals surface area (Å²) in [5.74, 6) is 1.41. The number of rotatable bonds is 8. The lowest BCUT2D eigenvalue weighted by molar-refractivity contribution is -0.0120. The van der Waals surface area contributed by atoms with Crippen LogP contribution in [0.25, 0.3) is 0 Å². The van der Waals surface area contributed by atoms with E-state index in [2.05, 4.69) is 17.1 Å². The highest BCUT2D eigenvalue weighted by Gasteiger charge is 2.15. The normalized spacial score (nSPS) is 16.9. The van der Waals surface area contributed by atoms with Crippen LogP contribution in [0.5, 0.6) is 11.6 Å². The molecule has 2 aromatic rings. The van der Waals surface area contributed by atoms with Crippen LogP contribution < -0.4 is 14.9 Å². The van der Waals surface area contributed by atoms with Crippen molar-refractivity contribution in [2.45, 2.75) is 52.1 Å². The van der Waals surface area contributed by atoms with Gasteiger partial charge in [-0.15, -0.1) is 0 Å². The van der Waals surface area contributed by atoms with Gasteiger partial charge < -0.3 is 19.2 Å². The number of aryl methyl sites for hydroxylation is 2. The maximum atomic E-state index is 12.3. The molecule has 5 heteroatoms. The molecule has 1 aliphatic rings. The highest BCUT2D eigenvalue weighted by atomic mass is 16.5. The largest absolute Gasteiger partial charge is 0.494 e. The third-order valence-electron chi connectivity index (χ3n) is 4.96. The first kappa shape index (κ1) is 19.5. The molecule has 146 valence electrons. The number of hydrogen-bond acceptors (Lipinski definition) is 4. The van der Waals surface area contributed by atoms with Crippen LogP contribution in [0.1, 0.15) is 43.0 Å². The zero-order valence-electron chi connectivity index (χ0n) is 16.3. The summed E-state index contributed by atoms with van der Waals surface area (Å²) in [6.45, 7) is 5.78. The minimum absolute atomic E-state index is 0.00927. The Labute approximate surface area is 160 Å². The summed E-state index contributed by atoms with van der Waals surface area (Å²) in [6.07, 6.45) is 5.03. The van der Waals surface area contributed by atoms with Crippen LogP contribution in [0.3, 0.4) is 0 Å². The van der Waals surface area contributed by atoms with E-state index in [9.17, 15) is 4.79 Å². The Kier molecular flexibility index (Phi) is 6.93. The molecule has 1 atom stereocenters. The summed E-state index contributed by atoms with van der Waals surface area (Å²) in [5.41, 5.74) is 2.90. The lowest BCUT2D eigenvalue weighted by atomic mass is 10.0. The van der Waals surface area contributed by atoms with E-state index in [1.165, 1.54) is 12.0 Å². The molecule has 0 amide bonds. The van der Waals surface area contributed by atoms with E-state index in [4.69, 9.17) is 14.2 Å². The number of ether oxygens (including phenoxy) is 3.